The van der Waals surface area contributed by atoms with Gasteiger partial charge in [-0.2, -0.15) is 0 Å². The van der Waals surface area contributed by atoms with Crippen LogP contribution in [0.1, 0.15) is 66.1 Å². The quantitative estimate of drug-likeness (QED) is 0.461. The number of nitrogens with one attached hydrogen (secondary N) is 2. The highest BCUT2D eigenvalue weighted by Crippen LogP contribution is 2.33. The van der Waals surface area contributed by atoms with Gasteiger partial charge in [0.15, 0.2) is 0 Å². The predicted molar refractivity (Wildman–Crippen MR) is 123 cm³/mol. The van der Waals surface area contributed by atoms with E-state index in [9.17, 15) is 4.79 Å². The van der Waals surface area contributed by atoms with E-state index in [1.165, 1.54) is 17.7 Å². The van der Waals surface area contributed by atoms with Crippen LogP contribution in [0.2, 0.25) is 0 Å². The lowest BCUT2D eigenvalue weighted by Gasteiger charge is -2.33. The first kappa shape index (κ1) is 21.5. The van der Waals surface area contributed by atoms with Crippen LogP contribution >= 0.6 is 0 Å². The number of amides is 1. The SMILES string of the molecule is CCN(Cc1nc2c(C(=O)NCCCCN)cccc2[nH]1)C1CCCc2cccnc21. The molecule has 1 aliphatic carbocycles. The number of pyridine rings is 1. The maximum atomic E-state index is 12.7. The van der Waals surface area contributed by atoms with Gasteiger partial charge in [0, 0.05) is 12.7 Å². The fourth-order valence-corrected chi connectivity index (χ4v) is 4.48. The first-order valence-corrected chi connectivity index (χ1v) is 11.3. The van der Waals surface area contributed by atoms with Crippen LogP contribution in [0.5, 0.6) is 0 Å². The number of aromatic amines is 1. The molecule has 1 aliphatic rings. The van der Waals surface area contributed by atoms with Crippen molar-refractivity contribution in [3.8, 4) is 0 Å². The fourth-order valence-electron chi connectivity index (χ4n) is 4.48. The zero-order chi connectivity index (χ0) is 21.6. The van der Waals surface area contributed by atoms with E-state index in [2.05, 4.69) is 28.2 Å². The Hall–Kier alpha value is -2.77. The third kappa shape index (κ3) is 4.78. The zero-order valence-electron chi connectivity index (χ0n) is 18.2. The Labute approximate surface area is 183 Å². The van der Waals surface area contributed by atoms with Crippen molar-refractivity contribution in [2.45, 2.75) is 51.6 Å². The minimum absolute atomic E-state index is 0.0848. The van der Waals surface area contributed by atoms with E-state index in [1.54, 1.807) is 0 Å². The van der Waals surface area contributed by atoms with Gasteiger partial charge < -0.3 is 16.0 Å². The van der Waals surface area contributed by atoms with E-state index in [1.807, 2.05) is 30.5 Å². The molecular formula is C24H32N6O. The second kappa shape index (κ2) is 10.0. The minimum Gasteiger partial charge on any atom is -0.352 e. The van der Waals surface area contributed by atoms with Crippen LogP contribution in [0.15, 0.2) is 36.5 Å². The summed E-state index contributed by atoms with van der Waals surface area (Å²) in [4.78, 5) is 28.0. The van der Waals surface area contributed by atoms with Crippen LogP contribution in [0, 0.1) is 0 Å². The Morgan fingerprint density at radius 2 is 2.19 bits per heavy atom. The van der Waals surface area contributed by atoms with E-state index in [0.717, 1.165) is 49.1 Å². The monoisotopic (exact) mass is 420 g/mol. The summed E-state index contributed by atoms with van der Waals surface area (Å²) in [6.07, 6.45) is 7.06. The molecule has 7 nitrogen and oxygen atoms in total. The molecule has 1 aromatic carbocycles. The summed E-state index contributed by atoms with van der Waals surface area (Å²) >= 11 is 0. The number of hydrogen-bond acceptors (Lipinski definition) is 5. The standard InChI is InChI=1S/C24H32N6O/c1-2-30(20-12-5-8-17-9-7-15-26-22(17)20)16-21-28-19-11-6-10-18(23(19)29-21)24(31)27-14-4-3-13-25/h6-7,9-11,15,20H,2-5,8,12-14,16,25H2,1H3,(H,27,31)(H,28,29). The number of benzene rings is 1. The van der Waals surface area contributed by atoms with Crippen molar-refractivity contribution in [3.05, 3.63) is 59.2 Å². The molecule has 1 unspecified atom stereocenters. The molecule has 3 aromatic rings. The van der Waals surface area contributed by atoms with Crippen molar-refractivity contribution in [3.63, 3.8) is 0 Å². The Morgan fingerprint density at radius 1 is 1.29 bits per heavy atom. The second-order valence-electron chi connectivity index (χ2n) is 8.16. The van der Waals surface area contributed by atoms with Crippen LogP contribution in [-0.4, -0.2) is 45.4 Å². The zero-order valence-corrected chi connectivity index (χ0v) is 18.2. The Kier molecular flexibility index (Phi) is 6.94. The molecule has 0 saturated heterocycles. The van der Waals surface area contributed by atoms with Gasteiger partial charge in [0.2, 0.25) is 0 Å². The second-order valence-corrected chi connectivity index (χ2v) is 8.16. The number of carbonyl (C=O) groups is 1. The molecule has 1 atom stereocenters. The highest BCUT2D eigenvalue weighted by Gasteiger charge is 2.27. The number of nitrogens with two attached hydrogens (primary N) is 1. The van der Waals surface area contributed by atoms with E-state index < -0.39 is 0 Å². The molecule has 4 rings (SSSR count). The Bertz CT molecular complexity index is 1030. The number of aromatic nitrogens is 3. The summed E-state index contributed by atoms with van der Waals surface area (Å²) < 4.78 is 0. The number of imidazole rings is 1. The molecule has 7 heteroatoms. The molecule has 0 fully saturated rings. The molecule has 0 saturated carbocycles. The van der Waals surface area contributed by atoms with Crippen molar-refractivity contribution < 1.29 is 4.79 Å². The molecule has 4 N–H and O–H groups in total. The molecule has 0 spiro atoms. The molecule has 0 bridgehead atoms. The summed E-state index contributed by atoms with van der Waals surface area (Å²) in [6, 6.07) is 10.2. The highest BCUT2D eigenvalue weighted by molar-refractivity contribution is 6.04. The van der Waals surface area contributed by atoms with Gasteiger partial charge in [0.05, 0.1) is 29.4 Å². The van der Waals surface area contributed by atoms with Gasteiger partial charge in [0.1, 0.15) is 11.3 Å². The molecule has 31 heavy (non-hydrogen) atoms. The third-order valence-corrected chi connectivity index (χ3v) is 6.09. The molecule has 164 valence electrons. The summed E-state index contributed by atoms with van der Waals surface area (Å²) in [5, 5.41) is 2.98. The van der Waals surface area contributed by atoms with E-state index >= 15 is 0 Å². The summed E-state index contributed by atoms with van der Waals surface area (Å²) in [6.45, 7) is 5.06. The van der Waals surface area contributed by atoms with Crippen molar-refractivity contribution in [2.24, 2.45) is 5.73 Å². The largest absolute Gasteiger partial charge is 0.352 e. The maximum absolute atomic E-state index is 12.7. The summed E-state index contributed by atoms with van der Waals surface area (Å²) in [7, 11) is 0. The normalized spacial score (nSPS) is 15.9. The van der Waals surface area contributed by atoms with E-state index in [-0.39, 0.29) is 5.91 Å². The summed E-state index contributed by atoms with van der Waals surface area (Å²) in [5.41, 5.74) is 10.3. The van der Waals surface area contributed by atoms with Gasteiger partial charge in [-0.25, -0.2) is 4.98 Å². The van der Waals surface area contributed by atoms with Gasteiger partial charge in [-0.3, -0.25) is 14.7 Å². The topological polar surface area (TPSA) is 99.9 Å². The Balaban J connectivity index is 1.53. The number of unbranched alkanes of at least 4 members (excludes halogenated alkanes) is 1. The predicted octanol–water partition coefficient (Wildman–Crippen LogP) is 3.33. The first-order chi connectivity index (χ1) is 15.2. The molecule has 2 aromatic heterocycles. The van der Waals surface area contributed by atoms with Gasteiger partial charge in [0.25, 0.3) is 5.91 Å². The lowest BCUT2D eigenvalue weighted by molar-refractivity contribution is 0.0954. The minimum atomic E-state index is -0.0848. The number of aryl methyl sites for hydroxylation is 1. The van der Waals surface area contributed by atoms with E-state index in [4.69, 9.17) is 15.7 Å². The lowest BCUT2D eigenvalue weighted by atomic mass is 9.91. The van der Waals surface area contributed by atoms with Gasteiger partial charge in [-0.15, -0.1) is 0 Å². The van der Waals surface area contributed by atoms with Gasteiger partial charge >= 0.3 is 0 Å². The summed E-state index contributed by atoms with van der Waals surface area (Å²) in [5.74, 6) is 0.793. The van der Waals surface area contributed by atoms with Crippen LogP contribution in [-0.2, 0) is 13.0 Å². The van der Waals surface area contributed by atoms with Gasteiger partial charge in [-0.05, 0) is 69.0 Å². The van der Waals surface area contributed by atoms with E-state index in [0.29, 0.717) is 31.2 Å². The van der Waals surface area contributed by atoms with Crippen LogP contribution < -0.4 is 11.1 Å². The van der Waals surface area contributed by atoms with Crippen LogP contribution in [0.25, 0.3) is 11.0 Å². The molecular weight excluding hydrogens is 388 g/mol. The molecule has 2 heterocycles. The number of carbonyl (C=O) groups excluding carboxylic acids is 1. The van der Waals surface area contributed by atoms with Crippen molar-refractivity contribution >= 4 is 16.9 Å². The average Bonchev–Trinajstić information content (AvgIpc) is 3.22. The fraction of sp³-hybridized carbons (Fsp3) is 0.458. The molecule has 1 amide bonds. The average molecular weight is 421 g/mol. The Morgan fingerprint density at radius 3 is 3.03 bits per heavy atom. The third-order valence-electron chi connectivity index (χ3n) is 6.09. The smallest absolute Gasteiger partial charge is 0.253 e. The maximum Gasteiger partial charge on any atom is 0.253 e. The highest BCUT2D eigenvalue weighted by atomic mass is 16.1. The van der Waals surface area contributed by atoms with Gasteiger partial charge in [-0.1, -0.05) is 19.1 Å². The first-order valence-electron chi connectivity index (χ1n) is 11.3. The van der Waals surface area contributed by atoms with Crippen LogP contribution in [0.4, 0.5) is 0 Å². The number of H-pyrrole nitrogens is 1. The lowest BCUT2D eigenvalue weighted by Crippen LogP contribution is -2.32. The number of hydrogen-bond donors (Lipinski definition) is 3. The van der Waals surface area contributed by atoms with Crippen molar-refractivity contribution in [1.82, 2.24) is 25.2 Å². The van der Waals surface area contributed by atoms with Crippen molar-refractivity contribution in [1.29, 1.82) is 0 Å². The van der Waals surface area contributed by atoms with Crippen LogP contribution in [0.3, 0.4) is 0 Å². The van der Waals surface area contributed by atoms with Crippen molar-refractivity contribution in [2.75, 3.05) is 19.6 Å². The molecule has 0 radical (unpaired) electrons. The molecule has 0 aliphatic heterocycles. The number of rotatable bonds is 9. The number of para-hydroxylation sites is 1. The number of fused-ring (bicyclic) bond motifs is 2. The number of nitrogens with zero attached hydrogens (tertiary/aromatic N) is 3.